The second-order valence-corrected chi connectivity index (χ2v) is 5.53. The molecule has 0 radical (unpaired) electrons. The summed E-state index contributed by atoms with van der Waals surface area (Å²) in [7, 11) is 2.91. The Morgan fingerprint density at radius 3 is 2.35 bits per heavy atom. The van der Waals surface area contributed by atoms with Crippen LogP contribution in [0, 0.1) is 10.1 Å². The third-order valence-corrected chi connectivity index (χ3v) is 4.10. The Morgan fingerprint density at radius 1 is 1.17 bits per heavy atom. The van der Waals surface area contributed by atoms with Crippen molar-refractivity contribution in [3.63, 3.8) is 0 Å². The molecule has 0 aliphatic carbocycles. The quantitative estimate of drug-likeness (QED) is 0.594. The Balaban J connectivity index is 2.14. The molecule has 7 nitrogen and oxygen atoms in total. The first-order valence-corrected chi connectivity index (χ1v) is 7.74. The number of hydrogen-bond donors (Lipinski definition) is 0. The molecule has 1 aromatic carbocycles. The van der Waals surface area contributed by atoms with Crippen LogP contribution in [0.2, 0.25) is 0 Å². The van der Waals surface area contributed by atoms with Crippen LogP contribution in [0.5, 0.6) is 11.5 Å². The lowest BCUT2D eigenvalue weighted by atomic mass is 10.0. The summed E-state index contributed by atoms with van der Waals surface area (Å²) in [6.45, 7) is 1.57. The smallest absolute Gasteiger partial charge is 0.276 e. The Morgan fingerprint density at radius 2 is 1.78 bits per heavy atom. The molecule has 1 aromatic rings. The molecule has 0 unspecified atom stereocenters. The van der Waals surface area contributed by atoms with Gasteiger partial charge in [-0.15, -0.1) is 0 Å². The molecule has 0 aromatic heterocycles. The van der Waals surface area contributed by atoms with Crippen LogP contribution in [-0.2, 0) is 11.2 Å². The van der Waals surface area contributed by atoms with E-state index in [4.69, 9.17) is 9.47 Å². The first kappa shape index (κ1) is 17.1. The molecule has 7 heteroatoms. The summed E-state index contributed by atoms with van der Waals surface area (Å²) in [6.07, 6.45) is 3.79. The number of piperidine rings is 1. The van der Waals surface area contributed by atoms with Crippen LogP contribution in [-0.4, -0.2) is 43.0 Å². The first-order chi connectivity index (χ1) is 11.1. The van der Waals surface area contributed by atoms with Crippen molar-refractivity contribution in [1.29, 1.82) is 0 Å². The van der Waals surface area contributed by atoms with Crippen molar-refractivity contribution in [3.05, 3.63) is 27.8 Å². The topological polar surface area (TPSA) is 81.9 Å². The number of nitro benzene ring substituents is 1. The fraction of sp³-hybridized carbons (Fsp3) is 0.562. The molecule has 1 saturated heterocycles. The molecule has 0 bridgehead atoms. The number of aryl methyl sites for hydroxylation is 1. The van der Waals surface area contributed by atoms with Gasteiger partial charge in [0.1, 0.15) is 0 Å². The molecule has 1 aliphatic rings. The molecule has 2 rings (SSSR count). The Hall–Kier alpha value is -2.31. The van der Waals surface area contributed by atoms with E-state index in [9.17, 15) is 14.9 Å². The predicted octanol–water partition coefficient (Wildman–Crippen LogP) is 2.56. The largest absolute Gasteiger partial charge is 0.493 e. The summed E-state index contributed by atoms with van der Waals surface area (Å²) in [5.41, 5.74) is 0.437. The fourth-order valence-corrected chi connectivity index (χ4v) is 2.82. The van der Waals surface area contributed by atoms with Crippen LogP contribution in [0.15, 0.2) is 12.1 Å². The van der Waals surface area contributed by atoms with Gasteiger partial charge in [0.15, 0.2) is 11.5 Å². The molecule has 1 amide bonds. The lowest BCUT2D eigenvalue weighted by Crippen LogP contribution is -2.35. The van der Waals surface area contributed by atoms with E-state index < -0.39 is 4.92 Å². The van der Waals surface area contributed by atoms with Gasteiger partial charge in [-0.25, -0.2) is 0 Å². The summed E-state index contributed by atoms with van der Waals surface area (Å²) in [4.78, 5) is 24.9. The van der Waals surface area contributed by atoms with Gasteiger partial charge >= 0.3 is 0 Å². The van der Waals surface area contributed by atoms with E-state index >= 15 is 0 Å². The van der Waals surface area contributed by atoms with Gasteiger partial charge in [0, 0.05) is 25.1 Å². The van der Waals surface area contributed by atoms with Gasteiger partial charge in [0.2, 0.25) is 5.91 Å². The summed E-state index contributed by atoms with van der Waals surface area (Å²) in [6, 6.07) is 2.93. The van der Waals surface area contributed by atoms with Crippen molar-refractivity contribution in [2.45, 2.75) is 32.1 Å². The summed E-state index contributed by atoms with van der Waals surface area (Å²) in [5.74, 6) is 0.789. The zero-order valence-electron chi connectivity index (χ0n) is 13.5. The predicted molar refractivity (Wildman–Crippen MR) is 85.0 cm³/mol. The normalized spacial score (nSPS) is 14.4. The number of nitro groups is 1. The molecule has 1 heterocycles. The fourth-order valence-electron chi connectivity index (χ4n) is 2.82. The standard InChI is InChI=1S/C16H22N2O5/c1-22-14-10-12(13(18(20)21)11-15(14)23-2)6-7-16(19)17-8-4-3-5-9-17/h10-11H,3-9H2,1-2H3. The highest BCUT2D eigenvalue weighted by atomic mass is 16.6. The molecule has 1 fully saturated rings. The van der Waals surface area contributed by atoms with E-state index in [1.165, 1.54) is 20.3 Å². The molecule has 0 atom stereocenters. The zero-order valence-corrected chi connectivity index (χ0v) is 13.5. The molecule has 0 spiro atoms. The van der Waals surface area contributed by atoms with Gasteiger partial charge in [-0.3, -0.25) is 14.9 Å². The highest BCUT2D eigenvalue weighted by Gasteiger charge is 2.22. The summed E-state index contributed by atoms with van der Waals surface area (Å²) < 4.78 is 10.3. The lowest BCUT2D eigenvalue weighted by molar-refractivity contribution is -0.385. The van der Waals surface area contributed by atoms with Crippen LogP contribution >= 0.6 is 0 Å². The van der Waals surface area contributed by atoms with Crippen molar-refractivity contribution in [1.82, 2.24) is 4.90 Å². The number of nitrogens with zero attached hydrogens (tertiary/aromatic N) is 2. The SMILES string of the molecule is COc1cc(CCC(=O)N2CCCCC2)c([N+](=O)[O-])cc1OC. The van der Waals surface area contributed by atoms with Gasteiger partial charge in [-0.05, 0) is 31.7 Å². The molecule has 1 aliphatic heterocycles. The Kier molecular flexibility index (Phi) is 5.78. The van der Waals surface area contributed by atoms with Gasteiger partial charge in [-0.1, -0.05) is 0 Å². The first-order valence-electron chi connectivity index (χ1n) is 7.74. The zero-order chi connectivity index (χ0) is 16.8. The average molecular weight is 322 g/mol. The maximum atomic E-state index is 12.2. The summed E-state index contributed by atoms with van der Waals surface area (Å²) >= 11 is 0. The highest BCUT2D eigenvalue weighted by molar-refractivity contribution is 5.76. The Labute approximate surface area is 135 Å². The number of likely N-dealkylation sites (tertiary alicyclic amines) is 1. The minimum atomic E-state index is -0.456. The van der Waals surface area contributed by atoms with Crippen LogP contribution in [0.25, 0.3) is 0 Å². The van der Waals surface area contributed by atoms with E-state index in [1.54, 1.807) is 6.07 Å². The van der Waals surface area contributed by atoms with E-state index in [0.717, 1.165) is 32.4 Å². The van der Waals surface area contributed by atoms with Gasteiger partial charge in [-0.2, -0.15) is 0 Å². The van der Waals surface area contributed by atoms with Crippen molar-refractivity contribution in [2.24, 2.45) is 0 Å². The van der Waals surface area contributed by atoms with Crippen LogP contribution in [0.3, 0.4) is 0 Å². The van der Waals surface area contributed by atoms with E-state index in [2.05, 4.69) is 0 Å². The van der Waals surface area contributed by atoms with Crippen molar-refractivity contribution >= 4 is 11.6 Å². The second-order valence-electron chi connectivity index (χ2n) is 5.53. The number of methoxy groups -OCH3 is 2. The molecule has 126 valence electrons. The molecule has 23 heavy (non-hydrogen) atoms. The molecule has 0 N–H and O–H groups in total. The van der Waals surface area contributed by atoms with Gasteiger partial charge in [0.05, 0.1) is 25.2 Å². The summed E-state index contributed by atoms with van der Waals surface area (Å²) in [5, 5.41) is 11.2. The number of rotatable bonds is 6. The molecular formula is C16H22N2O5. The van der Waals surface area contributed by atoms with Crippen molar-refractivity contribution in [3.8, 4) is 11.5 Å². The van der Waals surface area contributed by atoms with E-state index in [0.29, 0.717) is 23.5 Å². The number of carbonyl (C=O) groups excluding carboxylic acids is 1. The van der Waals surface area contributed by atoms with E-state index in [1.807, 2.05) is 4.90 Å². The van der Waals surface area contributed by atoms with E-state index in [-0.39, 0.29) is 18.0 Å². The number of hydrogen-bond acceptors (Lipinski definition) is 5. The average Bonchev–Trinajstić information content (AvgIpc) is 2.59. The highest BCUT2D eigenvalue weighted by Crippen LogP contribution is 2.35. The van der Waals surface area contributed by atoms with Crippen molar-refractivity contribution in [2.75, 3.05) is 27.3 Å². The van der Waals surface area contributed by atoms with Crippen LogP contribution in [0.1, 0.15) is 31.2 Å². The maximum absolute atomic E-state index is 12.2. The maximum Gasteiger partial charge on any atom is 0.276 e. The molecule has 0 saturated carbocycles. The number of carbonyl (C=O) groups is 1. The lowest BCUT2D eigenvalue weighted by Gasteiger charge is -2.26. The second kappa shape index (κ2) is 7.80. The monoisotopic (exact) mass is 322 g/mol. The number of amides is 1. The number of benzene rings is 1. The molecular weight excluding hydrogens is 300 g/mol. The third-order valence-electron chi connectivity index (χ3n) is 4.10. The minimum absolute atomic E-state index is 0.0471. The Bertz CT molecular complexity index is 582. The van der Waals surface area contributed by atoms with Gasteiger partial charge in [0.25, 0.3) is 5.69 Å². The third kappa shape index (κ3) is 4.12. The van der Waals surface area contributed by atoms with Crippen molar-refractivity contribution < 1.29 is 19.2 Å². The van der Waals surface area contributed by atoms with Crippen LogP contribution < -0.4 is 9.47 Å². The number of ether oxygens (including phenoxy) is 2. The van der Waals surface area contributed by atoms with Gasteiger partial charge < -0.3 is 14.4 Å². The minimum Gasteiger partial charge on any atom is -0.493 e. The van der Waals surface area contributed by atoms with Crippen LogP contribution in [0.4, 0.5) is 5.69 Å².